The number of sulfonamides is 1. The minimum absolute atomic E-state index is 0.0672. The average Bonchev–Trinajstić information content (AvgIpc) is 3.00. The molecule has 1 aliphatic rings. The molecular weight excluding hydrogens is 375 g/mol. The molecule has 9 nitrogen and oxygen atoms in total. The quantitative estimate of drug-likeness (QED) is 0.405. The summed E-state index contributed by atoms with van der Waals surface area (Å²) in [5, 5.41) is 20.8. The van der Waals surface area contributed by atoms with E-state index in [4.69, 9.17) is 9.39 Å². The van der Waals surface area contributed by atoms with Crippen molar-refractivity contribution in [3.63, 3.8) is 0 Å². The van der Waals surface area contributed by atoms with Gasteiger partial charge in [-0.2, -0.15) is 0 Å². The third-order valence-electron chi connectivity index (χ3n) is 4.18. The van der Waals surface area contributed by atoms with Crippen LogP contribution in [0.25, 0.3) is 0 Å². The van der Waals surface area contributed by atoms with E-state index in [0.717, 1.165) is 11.6 Å². The Morgan fingerprint density at radius 3 is 2.81 bits per heavy atom. The molecule has 1 heterocycles. The zero-order chi connectivity index (χ0) is 19.6. The standard InChI is InChI=1S/C16H17BN2O7S/c1-25-7-6-11-8-14(19(21)22)4-5-16(11)27(23,24)18-13-3-2-12-10-26-17(20)15(12)9-13/h2-5,8-9,18,20H,6-7,10H2,1H3. The fourth-order valence-corrected chi connectivity index (χ4v) is 4.14. The monoisotopic (exact) mass is 392 g/mol. The van der Waals surface area contributed by atoms with Gasteiger partial charge in [-0.15, -0.1) is 0 Å². The highest BCUT2D eigenvalue weighted by Crippen LogP contribution is 2.25. The summed E-state index contributed by atoms with van der Waals surface area (Å²) in [5.74, 6) is 0. The summed E-state index contributed by atoms with van der Waals surface area (Å²) in [6, 6.07) is 8.32. The molecule has 142 valence electrons. The van der Waals surface area contributed by atoms with Crippen molar-refractivity contribution in [2.45, 2.75) is 17.9 Å². The molecule has 0 radical (unpaired) electrons. The van der Waals surface area contributed by atoms with Gasteiger partial charge in [-0.25, -0.2) is 8.42 Å². The molecule has 0 atom stereocenters. The number of methoxy groups -OCH3 is 1. The second-order valence-corrected chi connectivity index (χ2v) is 7.63. The molecule has 0 saturated carbocycles. The van der Waals surface area contributed by atoms with Crippen LogP contribution in [0.1, 0.15) is 11.1 Å². The Kier molecular flexibility index (Phi) is 5.47. The molecule has 1 aliphatic heterocycles. The number of nitrogens with zero attached hydrogens (tertiary/aromatic N) is 1. The second-order valence-electron chi connectivity index (χ2n) is 5.97. The Bertz CT molecular complexity index is 981. The number of nitro benzene ring substituents is 1. The van der Waals surface area contributed by atoms with Gasteiger partial charge in [-0.1, -0.05) is 6.07 Å². The maximum atomic E-state index is 12.8. The zero-order valence-electron chi connectivity index (χ0n) is 14.4. The maximum Gasteiger partial charge on any atom is 0.491 e. The molecule has 0 amide bonds. The van der Waals surface area contributed by atoms with Crippen LogP contribution in [-0.4, -0.2) is 39.2 Å². The Hall–Kier alpha value is -2.47. The van der Waals surface area contributed by atoms with Gasteiger partial charge in [0.25, 0.3) is 15.7 Å². The minimum atomic E-state index is -4.00. The SMILES string of the molecule is COCCc1cc([N+](=O)[O-])ccc1S(=O)(=O)Nc1ccc2c(c1)B(O)OC2. The molecule has 0 aromatic heterocycles. The smallest absolute Gasteiger partial charge is 0.423 e. The number of non-ortho nitro benzene ring substituents is 1. The molecular formula is C16H17BN2O7S. The van der Waals surface area contributed by atoms with Crippen LogP contribution in [-0.2, 0) is 32.4 Å². The van der Waals surface area contributed by atoms with Gasteiger partial charge in [0.1, 0.15) is 0 Å². The van der Waals surface area contributed by atoms with Crippen LogP contribution in [0.15, 0.2) is 41.3 Å². The molecule has 0 fully saturated rings. The van der Waals surface area contributed by atoms with Crippen LogP contribution in [0, 0.1) is 10.1 Å². The number of fused-ring (bicyclic) bond motifs is 1. The van der Waals surface area contributed by atoms with E-state index in [9.17, 15) is 23.6 Å². The zero-order valence-corrected chi connectivity index (χ0v) is 15.2. The van der Waals surface area contributed by atoms with E-state index in [1.807, 2.05) is 0 Å². The molecule has 11 heteroatoms. The van der Waals surface area contributed by atoms with E-state index in [2.05, 4.69) is 4.72 Å². The van der Waals surface area contributed by atoms with Crippen LogP contribution in [0.2, 0.25) is 0 Å². The summed E-state index contributed by atoms with van der Waals surface area (Å²) in [7, 11) is -3.64. The summed E-state index contributed by atoms with van der Waals surface area (Å²) in [5.41, 5.74) is 1.62. The van der Waals surface area contributed by atoms with Crippen molar-refractivity contribution in [2.24, 2.45) is 0 Å². The van der Waals surface area contributed by atoms with Crippen molar-refractivity contribution in [1.82, 2.24) is 0 Å². The molecule has 2 N–H and O–H groups in total. The maximum absolute atomic E-state index is 12.8. The van der Waals surface area contributed by atoms with Crippen LogP contribution in [0.3, 0.4) is 0 Å². The van der Waals surface area contributed by atoms with Crippen molar-refractivity contribution in [2.75, 3.05) is 18.4 Å². The molecule has 0 unspecified atom stereocenters. The number of ether oxygens (including phenoxy) is 1. The van der Waals surface area contributed by atoms with Gasteiger partial charge < -0.3 is 14.4 Å². The number of hydrogen-bond donors (Lipinski definition) is 2. The van der Waals surface area contributed by atoms with Crippen LogP contribution < -0.4 is 10.2 Å². The molecule has 0 aliphatic carbocycles. The minimum Gasteiger partial charge on any atom is -0.423 e. The van der Waals surface area contributed by atoms with Crippen molar-refractivity contribution >= 4 is 34.0 Å². The molecule has 3 rings (SSSR count). The fraction of sp³-hybridized carbons (Fsp3) is 0.250. The first-order chi connectivity index (χ1) is 12.8. The average molecular weight is 392 g/mol. The largest absolute Gasteiger partial charge is 0.491 e. The van der Waals surface area contributed by atoms with Crippen molar-refractivity contribution in [3.8, 4) is 0 Å². The van der Waals surface area contributed by atoms with Gasteiger partial charge in [0.15, 0.2) is 0 Å². The molecule has 2 aromatic carbocycles. The van der Waals surface area contributed by atoms with E-state index < -0.39 is 22.1 Å². The lowest BCUT2D eigenvalue weighted by Gasteiger charge is -2.13. The van der Waals surface area contributed by atoms with Gasteiger partial charge in [0, 0.05) is 24.9 Å². The Labute approximate surface area is 156 Å². The first-order valence-electron chi connectivity index (χ1n) is 8.03. The number of hydrogen-bond acceptors (Lipinski definition) is 7. The predicted molar refractivity (Wildman–Crippen MR) is 98.3 cm³/mol. The molecule has 0 saturated heterocycles. The summed E-state index contributed by atoms with van der Waals surface area (Å²) < 4.78 is 38.2. The van der Waals surface area contributed by atoms with E-state index in [1.165, 1.54) is 25.3 Å². The Balaban J connectivity index is 1.94. The van der Waals surface area contributed by atoms with E-state index >= 15 is 0 Å². The summed E-state index contributed by atoms with van der Waals surface area (Å²) in [6.07, 6.45) is 0.200. The lowest BCUT2D eigenvalue weighted by molar-refractivity contribution is -0.385. The number of nitrogens with one attached hydrogen (secondary N) is 1. The van der Waals surface area contributed by atoms with Gasteiger partial charge >= 0.3 is 7.12 Å². The first-order valence-corrected chi connectivity index (χ1v) is 9.51. The van der Waals surface area contributed by atoms with E-state index in [0.29, 0.717) is 5.46 Å². The number of benzene rings is 2. The topological polar surface area (TPSA) is 128 Å². The lowest BCUT2D eigenvalue weighted by atomic mass is 9.79. The lowest BCUT2D eigenvalue weighted by Crippen LogP contribution is -2.28. The van der Waals surface area contributed by atoms with Crippen molar-refractivity contribution in [1.29, 1.82) is 0 Å². The number of anilines is 1. The first kappa shape index (κ1) is 19.3. The highest BCUT2D eigenvalue weighted by Gasteiger charge is 2.28. The van der Waals surface area contributed by atoms with Crippen LogP contribution in [0.5, 0.6) is 0 Å². The third-order valence-corrected chi connectivity index (χ3v) is 5.66. The van der Waals surface area contributed by atoms with Gasteiger partial charge in [0.2, 0.25) is 0 Å². The Morgan fingerprint density at radius 1 is 1.33 bits per heavy atom. The highest BCUT2D eigenvalue weighted by atomic mass is 32.2. The van der Waals surface area contributed by atoms with Crippen LogP contribution in [0.4, 0.5) is 11.4 Å². The third kappa shape index (κ3) is 4.11. The van der Waals surface area contributed by atoms with Crippen LogP contribution >= 0.6 is 0 Å². The number of nitro groups is 1. The molecule has 0 spiro atoms. The molecule has 27 heavy (non-hydrogen) atoms. The Morgan fingerprint density at radius 2 is 2.11 bits per heavy atom. The summed E-state index contributed by atoms with van der Waals surface area (Å²) >= 11 is 0. The van der Waals surface area contributed by atoms with Gasteiger partial charge in [-0.3, -0.25) is 14.8 Å². The predicted octanol–water partition coefficient (Wildman–Crippen LogP) is 0.802. The van der Waals surface area contributed by atoms with Gasteiger partial charge in [-0.05, 0) is 41.2 Å². The fourth-order valence-electron chi connectivity index (χ4n) is 2.84. The second kappa shape index (κ2) is 7.65. The normalized spacial score (nSPS) is 13.5. The molecule has 0 bridgehead atoms. The van der Waals surface area contributed by atoms with Crippen molar-refractivity contribution < 1.29 is 27.8 Å². The molecule has 2 aromatic rings. The van der Waals surface area contributed by atoms with E-state index in [1.54, 1.807) is 12.1 Å². The van der Waals surface area contributed by atoms with E-state index in [-0.39, 0.29) is 41.5 Å². The van der Waals surface area contributed by atoms with Crippen molar-refractivity contribution in [3.05, 3.63) is 57.6 Å². The summed E-state index contributed by atoms with van der Waals surface area (Å²) in [6.45, 7) is 0.471. The summed E-state index contributed by atoms with van der Waals surface area (Å²) in [4.78, 5) is 10.3. The highest BCUT2D eigenvalue weighted by molar-refractivity contribution is 7.92. The number of rotatable bonds is 7. The van der Waals surface area contributed by atoms with Gasteiger partial charge in [0.05, 0.1) is 23.0 Å².